The van der Waals surface area contributed by atoms with Gasteiger partial charge in [0.15, 0.2) is 17.3 Å². The van der Waals surface area contributed by atoms with Gasteiger partial charge in [0, 0.05) is 18.6 Å². The molecule has 1 aliphatic carbocycles. The molecule has 6 heteroatoms. The van der Waals surface area contributed by atoms with Crippen LogP contribution in [0, 0.1) is 5.82 Å². The molecule has 0 unspecified atom stereocenters. The van der Waals surface area contributed by atoms with Gasteiger partial charge < -0.3 is 9.47 Å². The molecule has 0 aliphatic heterocycles. The van der Waals surface area contributed by atoms with Crippen molar-refractivity contribution in [3.05, 3.63) is 65.9 Å². The normalized spacial score (nSPS) is 18.4. The smallest absolute Gasteiger partial charge is 0.206 e. The lowest BCUT2D eigenvalue weighted by Gasteiger charge is -2.10. The van der Waals surface area contributed by atoms with Crippen LogP contribution in [0.5, 0.6) is 11.5 Å². The fourth-order valence-electron chi connectivity index (χ4n) is 3.19. The third-order valence-corrected chi connectivity index (χ3v) is 4.68. The molecule has 1 aromatic carbocycles. The van der Waals surface area contributed by atoms with E-state index in [1.165, 1.54) is 14.2 Å². The molecule has 132 valence electrons. The molecule has 2 atom stereocenters. The predicted octanol–water partition coefficient (Wildman–Crippen LogP) is 3.97. The summed E-state index contributed by atoms with van der Waals surface area (Å²) in [5, 5.41) is 0. The van der Waals surface area contributed by atoms with E-state index in [9.17, 15) is 4.39 Å². The van der Waals surface area contributed by atoms with Crippen molar-refractivity contribution in [2.75, 3.05) is 14.2 Å². The topological polar surface area (TPSA) is 57.1 Å². The van der Waals surface area contributed by atoms with Crippen molar-refractivity contribution in [1.29, 1.82) is 0 Å². The highest BCUT2D eigenvalue weighted by atomic mass is 19.1. The maximum Gasteiger partial charge on any atom is 0.206 e. The van der Waals surface area contributed by atoms with E-state index in [4.69, 9.17) is 9.47 Å². The third kappa shape index (κ3) is 2.98. The monoisotopic (exact) mass is 351 g/mol. The number of benzene rings is 1. The highest BCUT2D eigenvalue weighted by Crippen LogP contribution is 2.55. The van der Waals surface area contributed by atoms with E-state index >= 15 is 0 Å². The van der Waals surface area contributed by atoms with Gasteiger partial charge >= 0.3 is 0 Å². The maximum absolute atomic E-state index is 14.1. The summed E-state index contributed by atoms with van der Waals surface area (Å²) in [6.07, 6.45) is 6.38. The lowest BCUT2D eigenvalue weighted by molar-refractivity contribution is 0.349. The first-order valence-corrected chi connectivity index (χ1v) is 8.36. The number of rotatable bonds is 5. The maximum atomic E-state index is 14.1. The second kappa shape index (κ2) is 6.71. The van der Waals surface area contributed by atoms with E-state index < -0.39 is 5.82 Å². The quantitative estimate of drug-likeness (QED) is 0.696. The minimum atomic E-state index is -0.473. The van der Waals surface area contributed by atoms with Gasteiger partial charge in [-0.15, -0.1) is 0 Å². The average molecular weight is 351 g/mol. The lowest BCUT2D eigenvalue weighted by atomic mass is 10.1. The van der Waals surface area contributed by atoms with Crippen molar-refractivity contribution in [3.8, 4) is 23.0 Å². The van der Waals surface area contributed by atoms with Crippen molar-refractivity contribution < 1.29 is 13.9 Å². The van der Waals surface area contributed by atoms with Gasteiger partial charge in [0.05, 0.1) is 14.2 Å². The Kier molecular flexibility index (Phi) is 4.24. The van der Waals surface area contributed by atoms with Gasteiger partial charge in [-0.05, 0) is 53.6 Å². The van der Waals surface area contributed by atoms with E-state index in [0.29, 0.717) is 11.7 Å². The van der Waals surface area contributed by atoms with E-state index in [2.05, 4.69) is 15.0 Å². The summed E-state index contributed by atoms with van der Waals surface area (Å²) in [6.45, 7) is 0. The van der Waals surface area contributed by atoms with Crippen LogP contribution in [0.1, 0.15) is 29.4 Å². The number of halogens is 1. The van der Waals surface area contributed by atoms with Crippen LogP contribution in [0.4, 0.5) is 4.39 Å². The van der Waals surface area contributed by atoms with Crippen molar-refractivity contribution >= 4 is 0 Å². The molecule has 1 fully saturated rings. The molecule has 3 aromatic rings. The Hall–Kier alpha value is -3.02. The zero-order chi connectivity index (χ0) is 18.1. The number of ether oxygens (including phenoxy) is 2. The molecule has 2 heterocycles. The highest BCUT2D eigenvalue weighted by molar-refractivity contribution is 5.49. The Morgan fingerprint density at radius 2 is 1.58 bits per heavy atom. The number of hydrogen-bond donors (Lipinski definition) is 0. The first-order chi connectivity index (χ1) is 12.7. The first kappa shape index (κ1) is 16.4. The fourth-order valence-corrected chi connectivity index (χ4v) is 3.19. The molecule has 0 spiro atoms. The number of aromatic nitrogens is 3. The summed E-state index contributed by atoms with van der Waals surface area (Å²) >= 11 is 0. The lowest BCUT2D eigenvalue weighted by Crippen LogP contribution is -1.97. The largest absolute Gasteiger partial charge is 0.494 e. The van der Waals surface area contributed by atoms with Crippen molar-refractivity contribution in [3.63, 3.8) is 0 Å². The van der Waals surface area contributed by atoms with Crippen LogP contribution in [-0.4, -0.2) is 29.2 Å². The molecule has 2 aromatic heterocycles. The van der Waals surface area contributed by atoms with E-state index in [1.54, 1.807) is 18.3 Å². The number of pyridine rings is 1. The molecule has 0 N–H and O–H groups in total. The summed E-state index contributed by atoms with van der Waals surface area (Å²) in [6, 6.07) is 9.13. The van der Waals surface area contributed by atoms with E-state index in [-0.39, 0.29) is 17.4 Å². The summed E-state index contributed by atoms with van der Waals surface area (Å²) in [5.74, 6) is 1.13. The van der Waals surface area contributed by atoms with Gasteiger partial charge in [-0.25, -0.2) is 9.97 Å². The minimum Gasteiger partial charge on any atom is -0.494 e. The Morgan fingerprint density at radius 1 is 0.923 bits per heavy atom. The molecular formula is C20H18FN3O2. The van der Waals surface area contributed by atoms with Crippen LogP contribution < -0.4 is 9.47 Å². The summed E-state index contributed by atoms with van der Waals surface area (Å²) < 4.78 is 24.3. The summed E-state index contributed by atoms with van der Waals surface area (Å²) in [5.41, 5.74) is 2.82. The predicted molar refractivity (Wildman–Crippen MR) is 94.9 cm³/mol. The summed E-state index contributed by atoms with van der Waals surface area (Å²) in [7, 11) is 2.91. The molecule has 0 radical (unpaired) electrons. The van der Waals surface area contributed by atoms with Gasteiger partial charge in [-0.3, -0.25) is 4.98 Å². The molecule has 0 amide bonds. The zero-order valence-electron chi connectivity index (χ0n) is 14.5. The molecule has 0 saturated heterocycles. The highest BCUT2D eigenvalue weighted by Gasteiger charge is 2.40. The Labute approximate surface area is 150 Å². The average Bonchev–Trinajstić information content (AvgIpc) is 3.50. The Bertz CT molecular complexity index is 891. The van der Waals surface area contributed by atoms with Gasteiger partial charge in [-0.1, -0.05) is 6.07 Å². The van der Waals surface area contributed by atoms with Crippen LogP contribution in [0.3, 0.4) is 0 Å². The molecule has 1 aliphatic rings. The van der Waals surface area contributed by atoms with E-state index in [0.717, 1.165) is 23.2 Å². The molecule has 1 saturated carbocycles. The zero-order valence-corrected chi connectivity index (χ0v) is 14.5. The van der Waals surface area contributed by atoms with Crippen molar-refractivity contribution in [2.45, 2.75) is 18.3 Å². The number of methoxy groups -OCH3 is 2. The van der Waals surface area contributed by atoms with Crippen molar-refractivity contribution in [1.82, 2.24) is 15.0 Å². The Morgan fingerprint density at radius 3 is 2.15 bits per heavy atom. The second-order valence-corrected chi connectivity index (χ2v) is 6.24. The van der Waals surface area contributed by atoms with Gasteiger partial charge in [0.25, 0.3) is 0 Å². The van der Waals surface area contributed by atoms with Gasteiger partial charge in [0.2, 0.25) is 5.82 Å². The molecule has 4 rings (SSSR count). The summed E-state index contributed by atoms with van der Waals surface area (Å²) in [4.78, 5) is 13.1. The van der Waals surface area contributed by atoms with Gasteiger partial charge in [0.1, 0.15) is 5.69 Å². The minimum absolute atomic E-state index is 0.201. The second-order valence-electron chi connectivity index (χ2n) is 6.24. The van der Waals surface area contributed by atoms with Crippen molar-refractivity contribution in [2.24, 2.45) is 0 Å². The number of hydrogen-bond acceptors (Lipinski definition) is 5. The number of nitrogens with zero attached hydrogens (tertiary/aromatic N) is 3. The van der Waals surface area contributed by atoms with Crippen LogP contribution in [0.2, 0.25) is 0 Å². The SMILES string of the molecule is COc1cc([C@H]2C[C@H]2c2cnc(-c3ccccn3)nc2)cc(OC)c1F. The first-order valence-electron chi connectivity index (χ1n) is 8.36. The molecule has 0 bridgehead atoms. The third-order valence-electron chi connectivity index (χ3n) is 4.68. The van der Waals surface area contributed by atoms with Crippen LogP contribution in [0.15, 0.2) is 48.9 Å². The van der Waals surface area contributed by atoms with Gasteiger partial charge in [-0.2, -0.15) is 4.39 Å². The van der Waals surface area contributed by atoms with E-state index in [1.807, 2.05) is 30.6 Å². The molecule has 26 heavy (non-hydrogen) atoms. The molecule has 5 nitrogen and oxygen atoms in total. The molecular weight excluding hydrogens is 333 g/mol. The van der Waals surface area contributed by atoms with Crippen LogP contribution in [0.25, 0.3) is 11.5 Å². The Balaban J connectivity index is 1.55. The van der Waals surface area contributed by atoms with Crippen LogP contribution in [-0.2, 0) is 0 Å². The standard InChI is InChI=1S/C20H18FN3O2/c1-25-17-7-12(8-18(26-2)19(17)21)14-9-15(14)13-10-23-20(24-11-13)16-5-3-4-6-22-16/h3-8,10-11,14-15H,9H2,1-2H3/t14-,15+/m1/s1. The fraction of sp³-hybridized carbons (Fsp3) is 0.250. The van der Waals surface area contributed by atoms with Crippen LogP contribution >= 0.6 is 0 Å².